The van der Waals surface area contributed by atoms with Crippen molar-refractivity contribution in [3.8, 4) is 0 Å². The van der Waals surface area contributed by atoms with Crippen LogP contribution in [0.3, 0.4) is 0 Å². The Kier molecular flexibility index (Phi) is 24.7. The van der Waals surface area contributed by atoms with Crippen molar-refractivity contribution in [3.05, 3.63) is 0 Å². The molecule has 0 aliphatic rings. The van der Waals surface area contributed by atoms with Gasteiger partial charge in [0.1, 0.15) is 0 Å². The zero-order valence-corrected chi connectivity index (χ0v) is 16.7. The van der Waals surface area contributed by atoms with Gasteiger partial charge in [0, 0.05) is 0 Å². The molecule has 38 valence electrons. The van der Waals surface area contributed by atoms with E-state index in [9.17, 15) is 5.50 Å². The Hall–Kier alpha value is 4.02. The second-order valence-corrected chi connectivity index (χ2v) is 78.1. The molecule has 0 aromatic heterocycles. The van der Waals surface area contributed by atoms with Crippen molar-refractivity contribution in [1.82, 2.24) is 0 Å². The van der Waals surface area contributed by atoms with Crippen LogP contribution in [0.4, 0.5) is 0 Å². The summed E-state index contributed by atoms with van der Waals surface area (Å²) < 4.78 is 37.8. The molecule has 0 N–H and O–H groups in total. The van der Waals surface area contributed by atoms with Gasteiger partial charge in [0.05, 0.1) is 0 Å². The maximum absolute atomic E-state index is 10.0. The summed E-state index contributed by atoms with van der Waals surface area (Å²) in [5.74, 6) is 0. The fourth-order valence-corrected chi connectivity index (χ4v) is 8.87. The van der Waals surface area contributed by atoms with Gasteiger partial charge in [0.25, 0.3) is 0 Å². The van der Waals surface area contributed by atoms with Crippen molar-refractivity contribution >= 4 is 0 Å². The van der Waals surface area contributed by atoms with E-state index in [0.717, 1.165) is 0 Å². The van der Waals surface area contributed by atoms with Gasteiger partial charge < -0.3 is 0 Å². The monoisotopic (exact) mass is 574 g/mol. The van der Waals surface area contributed by atoms with Crippen LogP contribution < -0.4 is 0 Å². The molecule has 0 spiro atoms. The molecule has 0 bridgehead atoms. The average Bonchev–Trinajstić information content (AvgIpc) is 1.91. The van der Waals surface area contributed by atoms with E-state index in [1.54, 1.807) is 0 Å². The third-order valence-corrected chi connectivity index (χ3v) is 48.5. The summed E-state index contributed by atoms with van der Waals surface area (Å²) >= 11 is -6.41. The summed E-state index contributed by atoms with van der Waals surface area (Å²) in [4.78, 5) is 0. The summed E-state index contributed by atoms with van der Waals surface area (Å²) in [7, 11) is 0. The average molecular weight is 575 g/mol. The van der Waals surface area contributed by atoms with E-state index in [4.69, 9.17) is 0.938 Å². The fourth-order valence-electron chi connectivity index (χ4n) is 0.0278. The van der Waals surface area contributed by atoms with Crippen LogP contribution in [0.1, 0.15) is 0 Å². The molecular formula is CeLaO4PrZr. The molecule has 0 fully saturated rings. The van der Waals surface area contributed by atoms with Crippen LogP contribution in [0.2, 0.25) is 0 Å². The van der Waals surface area contributed by atoms with Crippen molar-refractivity contribution < 1.29 is 103 Å². The van der Waals surface area contributed by atoms with Gasteiger partial charge in [-0.2, -0.15) is 0 Å². The van der Waals surface area contributed by atoms with E-state index in [-0.39, 0.29) is 39.8 Å². The zero-order valence-electron chi connectivity index (χ0n) is 3.79. The summed E-state index contributed by atoms with van der Waals surface area (Å²) in [6.45, 7) is 0. The zero-order chi connectivity index (χ0) is 6.99. The molecule has 0 radical (unpaired) electrons. The summed E-state index contributed by atoms with van der Waals surface area (Å²) in [5.41, 5.74) is 0. The van der Waals surface area contributed by atoms with Gasteiger partial charge in [0.15, 0.2) is 0 Å². The maximum atomic E-state index is 10.0. The van der Waals surface area contributed by atoms with Crippen molar-refractivity contribution in [2.45, 2.75) is 0 Å². The van der Waals surface area contributed by atoms with Crippen LogP contribution >= 0.6 is 0 Å². The first-order valence-corrected chi connectivity index (χ1v) is 36.6. The van der Waals surface area contributed by atoms with Gasteiger partial charge in [-0.1, -0.05) is 0 Å². The Bertz CT molecular complexity index is 94.2. The van der Waals surface area contributed by atoms with Crippen LogP contribution in [0.25, 0.3) is 0 Å². The Morgan fingerprint density at radius 1 is 1.50 bits per heavy atom. The molecule has 0 rings (SSSR count). The topological polar surface area (TPSA) is 68.3 Å². The summed E-state index contributed by atoms with van der Waals surface area (Å²) in [5, 5.41) is 0. The summed E-state index contributed by atoms with van der Waals surface area (Å²) in [6.07, 6.45) is 0. The normalized spacial score (nSPS) is 4.38. The molecule has 0 saturated carbocycles. The van der Waals surface area contributed by atoms with Gasteiger partial charge in [-0.3, -0.25) is 0 Å². The molecule has 0 aromatic rings. The third kappa shape index (κ3) is 12.7. The van der Waals surface area contributed by atoms with E-state index < -0.39 is 57.1 Å². The van der Waals surface area contributed by atoms with E-state index in [2.05, 4.69) is 0 Å². The quantitative estimate of drug-likeness (QED) is 0.447. The molecule has 0 unspecified atom stereocenters. The van der Waals surface area contributed by atoms with Gasteiger partial charge in [-0.15, -0.1) is 0 Å². The van der Waals surface area contributed by atoms with E-state index in [0.29, 0.717) is 0 Å². The Morgan fingerprint density at radius 3 is 1.88 bits per heavy atom. The van der Waals surface area contributed by atoms with E-state index in [1.807, 2.05) is 0 Å². The van der Waals surface area contributed by atoms with Crippen LogP contribution in [-0.2, 0) is 22.3 Å². The molecule has 0 heterocycles. The molecular weight excluding hydrogens is 575 g/mol. The van der Waals surface area contributed by atoms with E-state index >= 15 is 0 Å². The number of hydrogen-bond acceptors (Lipinski definition) is 4. The second kappa shape index (κ2) is 13.6. The number of rotatable bonds is 2. The molecule has 0 saturated heterocycles. The molecule has 8 heteroatoms. The molecule has 0 aliphatic heterocycles. The Labute approximate surface area is 98.6 Å². The fraction of sp³-hybridized carbons (Fsp3) is 0. The van der Waals surface area contributed by atoms with Crippen molar-refractivity contribution in [3.63, 3.8) is 0 Å². The second-order valence-electron chi connectivity index (χ2n) is 0.675. The standard InChI is InChI=1S/Ce.La.4O.Pr.Zr. The van der Waals surface area contributed by atoms with Gasteiger partial charge in [-0.25, -0.2) is 0 Å². The van der Waals surface area contributed by atoms with Crippen LogP contribution in [-0.4, -0.2) is 0 Å². The van der Waals surface area contributed by atoms with Crippen LogP contribution in [0.15, 0.2) is 0 Å². The van der Waals surface area contributed by atoms with Gasteiger partial charge in [-0.05, 0) is 0 Å². The number of hydrogen-bond donors (Lipinski definition) is 0. The first-order valence-electron chi connectivity index (χ1n) is 1.50. The van der Waals surface area contributed by atoms with Crippen LogP contribution in [0, 0.1) is 81.1 Å². The molecule has 0 aromatic carbocycles. The molecule has 0 atom stereocenters. The van der Waals surface area contributed by atoms with Crippen molar-refractivity contribution in [2.75, 3.05) is 0 Å². The third-order valence-electron chi connectivity index (χ3n) is 0.240. The van der Waals surface area contributed by atoms with Crippen LogP contribution in [0.5, 0.6) is 0 Å². The molecule has 0 amide bonds. The molecule has 0 aliphatic carbocycles. The summed E-state index contributed by atoms with van der Waals surface area (Å²) in [6, 6.07) is 0. The van der Waals surface area contributed by atoms with Gasteiger partial charge >= 0.3 is 103 Å². The minimum absolute atomic E-state index is 0.0556. The first-order chi connectivity index (χ1) is 3.81. The SMILES string of the molecule is [O]=[Ce].[O]=[Zr][La](=[O])[Pr]=[O]. The van der Waals surface area contributed by atoms with E-state index in [1.165, 1.54) is 0 Å². The van der Waals surface area contributed by atoms with Gasteiger partial charge in [0.2, 0.25) is 0 Å². The first kappa shape index (κ1) is 14.5. The minimum atomic E-state index is -2.80. The van der Waals surface area contributed by atoms with Crippen molar-refractivity contribution in [2.24, 2.45) is 0 Å². The Balaban J connectivity index is 0. The Morgan fingerprint density at radius 2 is 1.88 bits per heavy atom. The predicted molar refractivity (Wildman–Crippen MR) is 2.75 cm³/mol. The van der Waals surface area contributed by atoms with Crippen molar-refractivity contribution in [1.29, 1.82) is 0 Å². The molecule has 4 nitrogen and oxygen atoms in total. The molecule has 8 heavy (non-hydrogen) atoms. The predicted octanol–water partition coefficient (Wildman–Crippen LogP) is -0.478.